The van der Waals surface area contributed by atoms with Gasteiger partial charge in [0.1, 0.15) is 11.5 Å². The Hall–Kier alpha value is -2.22. The highest BCUT2D eigenvalue weighted by atomic mass is 16.3. The lowest BCUT2D eigenvalue weighted by molar-refractivity contribution is 0.414. The minimum atomic E-state index is 0.333. The normalized spacial score (nSPS) is 21.4. The fraction of sp³-hybridized carbons (Fsp3) is 0.417. The van der Waals surface area contributed by atoms with Crippen LogP contribution >= 0.6 is 0 Å². The molecular formula is C24H28O2. The van der Waals surface area contributed by atoms with Crippen LogP contribution in [0, 0.1) is 0 Å². The molecule has 1 saturated carbocycles. The predicted molar refractivity (Wildman–Crippen MR) is 107 cm³/mol. The first-order valence-corrected chi connectivity index (χ1v) is 10.0. The van der Waals surface area contributed by atoms with Crippen molar-refractivity contribution in [2.24, 2.45) is 0 Å². The number of rotatable bonds is 3. The van der Waals surface area contributed by atoms with Crippen LogP contribution < -0.4 is 0 Å². The van der Waals surface area contributed by atoms with Gasteiger partial charge < -0.3 is 10.2 Å². The fourth-order valence-electron chi connectivity index (χ4n) is 4.64. The monoisotopic (exact) mass is 348 g/mol. The van der Waals surface area contributed by atoms with E-state index in [1.54, 1.807) is 12.1 Å². The number of phenols is 2. The number of hydrogen-bond acceptors (Lipinski definition) is 2. The summed E-state index contributed by atoms with van der Waals surface area (Å²) < 4.78 is 0. The lowest BCUT2D eigenvalue weighted by atomic mass is 9.80. The van der Waals surface area contributed by atoms with Crippen molar-refractivity contribution in [2.75, 3.05) is 0 Å². The van der Waals surface area contributed by atoms with Gasteiger partial charge in [-0.15, -0.1) is 0 Å². The molecule has 1 unspecified atom stereocenters. The smallest absolute Gasteiger partial charge is 0.119 e. The zero-order valence-corrected chi connectivity index (χ0v) is 15.3. The average Bonchev–Trinajstić information content (AvgIpc) is 2.70. The molecule has 0 aliphatic heterocycles. The summed E-state index contributed by atoms with van der Waals surface area (Å²) in [7, 11) is 0. The number of aromatic hydroxyl groups is 2. The Labute approximate surface area is 156 Å². The van der Waals surface area contributed by atoms with Crippen LogP contribution in [0.5, 0.6) is 11.5 Å². The first kappa shape index (κ1) is 17.2. The van der Waals surface area contributed by atoms with Gasteiger partial charge >= 0.3 is 0 Å². The molecule has 2 N–H and O–H groups in total. The van der Waals surface area contributed by atoms with Gasteiger partial charge in [-0.1, -0.05) is 43.5 Å². The van der Waals surface area contributed by atoms with Crippen molar-refractivity contribution < 1.29 is 10.2 Å². The summed E-state index contributed by atoms with van der Waals surface area (Å²) in [4.78, 5) is 0. The molecule has 1 atom stereocenters. The van der Waals surface area contributed by atoms with Gasteiger partial charge in [0.05, 0.1) is 0 Å². The van der Waals surface area contributed by atoms with Crippen molar-refractivity contribution in [1.29, 1.82) is 0 Å². The molecule has 2 nitrogen and oxygen atoms in total. The minimum absolute atomic E-state index is 0.333. The Bertz CT molecular complexity index is 782. The highest BCUT2D eigenvalue weighted by molar-refractivity contribution is 5.68. The molecular weight excluding hydrogens is 320 g/mol. The second-order valence-electron chi connectivity index (χ2n) is 7.90. The summed E-state index contributed by atoms with van der Waals surface area (Å²) in [6.07, 6.45) is 11.9. The Morgan fingerprint density at radius 3 is 2.23 bits per heavy atom. The van der Waals surface area contributed by atoms with E-state index in [1.807, 2.05) is 18.2 Å². The molecule has 26 heavy (non-hydrogen) atoms. The SMILES string of the molecule is Oc1ccc(C2CC=C(c3ccc(O)c(C4CCCCC4)c3)CC2)cc1. The number of allylic oxidation sites excluding steroid dienone is 2. The van der Waals surface area contributed by atoms with Gasteiger partial charge in [-0.3, -0.25) is 0 Å². The highest BCUT2D eigenvalue weighted by Gasteiger charge is 2.21. The van der Waals surface area contributed by atoms with Crippen molar-refractivity contribution in [3.8, 4) is 11.5 Å². The first-order chi connectivity index (χ1) is 12.7. The van der Waals surface area contributed by atoms with Gasteiger partial charge in [0.2, 0.25) is 0 Å². The summed E-state index contributed by atoms with van der Waals surface area (Å²) in [6.45, 7) is 0. The highest BCUT2D eigenvalue weighted by Crippen LogP contribution is 2.41. The van der Waals surface area contributed by atoms with Crippen LogP contribution in [0.3, 0.4) is 0 Å². The Morgan fingerprint density at radius 2 is 1.54 bits per heavy atom. The minimum Gasteiger partial charge on any atom is -0.508 e. The van der Waals surface area contributed by atoms with Gasteiger partial charge in [0.25, 0.3) is 0 Å². The van der Waals surface area contributed by atoms with Gasteiger partial charge in [-0.25, -0.2) is 0 Å². The Morgan fingerprint density at radius 1 is 0.769 bits per heavy atom. The molecule has 0 amide bonds. The van der Waals surface area contributed by atoms with Crippen LogP contribution in [0.4, 0.5) is 0 Å². The van der Waals surface area contributed by atoms with Crippen LogP contribution in [-0.2, 0) is 0 Å². The van der Waals surface area contributed by atoms with E-state index in [9.17, 15) is 10.2 Å². The van der Waals surface area contributed by atoms with Crippen molar-refractivity contribution in [3.63, 3.8) is 0 Å². The van der Waals surface area contributed by atoms with Crippen molar-refractivity contribution in [2.45, 2.75) is 63.2 Å². The van der Waals surface area contributed by atoms with Crippen LogP contribution in [0.15, 0.2) is 48.5 Å². The molecule has 2 heteroatoms. The van der Waals surface area contributed by atoms with E-state index < -0.39 is 0 Å². The van der Waals surface area contributed by atoms with Crippen LogP contribution in [-0.4, -0.2) is 10.2 Å². The molecule has 0 aromatic heterocycles. The maximum atomic E-state index is 10.4. The van der Waals surface area contributed by atoms with E-state index in [2.05, 4.69) is 18.2 Å². The van der Waals surface area contributed by atoms with E-state index in [0.29, 0.717) is 23.3 Å². The number of benzene rings is 2. The third-order valence-electron chi connectivity index (χ3n) is 6.22. The molecule has 0 spiro atoms. The van der Waals surface area contributed by atoms with Crippen LogP contribution in [0.1, 0.15) is 79.9 Å². The molecule has 2 aromatic carbocycles. The van der Waals surface area contributed by atoms with E-state index in [4.69, 9.17) is 0 Å². The predicted octanol–water partition coefficient (Wildman–Crippen LogP) is 6.50. The third kappa shape index (κ3) is 3.65. The summed E-state index contributed by atoms with van der Waals surface area (Å²) >= 11 is 0. The quantitative estimate of drug-likeness (QED) is 0.665. The van der Waals surface area contributed by atoms with Crippen LogP contribution in [0.2, 0.25) is 0 Å². The average molecular weight is 348 g/mol. The Balaban J connectivity index is 1.52. The summed E-state index contributed by atoms with van der Waals surface area (Å²) in [5, 5.41) is 19.8. The first-order valence-electron chi connectivity index (χ1n) is 10.0. The second-order valence-corrected chi connectivity index (χ2v) is 7.90. The molecule has 2 aromatic rings. The lowest BCUT2D eigenvalue weighted by Crippen LogP contribution is -2.06. The number of hydrogen-bond donors (Lipinski definition) is 2. The standard InChI is InChI=1S/C24H28O2/c25-22-13-10-18(11-14-22)17-6-8-19(9-7-17)21-12-15-24(26)23(16-21)20-4-2-1-3-5-20/h8,10-17,20,25-26H,1-7,9H2. The van der Waals surface area contributed by atoms with Gasteiger partial charge in [0, 0.05) is 0 Å². The lowest BCUT2D eigenvalue weighted by Gasteiger charge is -2.25. The summed E-state index contributed by atoms with van der Waals surface area (Å²) in [5.41, 5.74) is 5.17. The topological polar surface area (TPSA) is 40.5 Å². The molecule has 136 valence electrons. The Kier molecular flexibility index (Phi) is 5.01. The zero-order valence-electron chi connectivity index (χ0n) is 15.3. The van der Waals surface area contributed by atoms with Gasteiger partial charge in [0.15, 0.2) is 0 Å². The molecule has 0 bridgehead atoms. The second kappa shape index (κ2) is 7.57. The summed E-state index contributed by atoms with van der Waals surface area (Å²) in [6, 6.07) is 13.9. The van der Waals surface area contributed by atoms with E-state index in [-0.39, 0.29) is 0 Å². The van der Waals surface area contributed by atoms with Crippen molar-refractivity contribution in [1.82, 2.24) is 0 Å². The largest absolute Gasteiger partial charge is 0.508 e. The fourth-order valence-corrected chi connectivity index (χ4v) is 4.64. The third-order valence-corrected chi connectivity index (χ3v) is 6.22. The molecule has 4 rings (SSSR count). The molecule has 1 fully saturated rings. The molecule has 0 heterocycles. The van der Waals surface area contributed by atoms with Crippen LogP contribution in [0.25, 0.3) is 5.57 Å². The maximum absolute atomic E-state index is 10.4. The van der Waals surface area contributed by atoms with E-state index in [0.717, 1.165) is 24.8 Å². The van der Waals surface area contributed by atoms with Gasteiger partial charge in [-0.05, 0) is 90.5 Å². The van der Waals surface area contributed by atoms with Crippen molar-refractivity contribution in [3.05, 3.63) is 65.2 Å². The summed E-state index contributed by atoms with van der Waals surface area (Å²) in [5.74, 6) is 1.87. The van der Waals surface area contributed by atoms with E-state index in [1.165, 1.54) is 48.8 Å². The molecule has 0 saturated heterocycles. The zero-order chi connectivity index (χ0) is 17.9. The van der Waals surface area contributed by atoms with Crippen molar-refractivity contribution >= 4 is 5.57 Å². The van der Waals surface area contributed by atoms with Gasteiger partial charge in [-0.2, -0.15) is 0 Å². The molecule has 2 aliphatic rings. The number of phenolic OH excluding ortho intramolecular Hbond substituents is 2. The van der Waals surface area contributed by atoms with E-state index >= 15 is 0 Å². The molecule has 2 aliphatic carbocycles. The molecule has 0 radical (unpaired) electrons. The maximum Gasteiger partial charge on any atom is 0.119 e.